The van der Waals surface area contributed by atoms with E-state index >= 15 is 0 Å². The van der Waals surface area contributed by atoms with E-state index in [4.69, 9.17) is 0 Å². The van der Waals surface area contributed by atoms with Gasteiger partial charge in [-0.1, -0.05) is 30.3 Å². The van der Waals surface area contributed by atoms with Crippen LogP contribution in [0.3, 0.4) is 0 Å². The molecule has 0 unspecified atom stereocenters. The first-order valence-electron chi connectivity index (χ1n) is 6.16. The van der Waals surface area contributed by atoms with Crippen molar-refractivity contribution in [1.29, 1.82) is 0 Å². The van der Waals surface area contributed by atoms with Gasteiger partial charge in [0.05, 0.1) is 5.69 Å². The van der Waals surface area contributed by atoms with E-state index in [-0.39, 0.29) is 12.2 Å². The number of amides is 4. The van der Waals surface area contributed by atoms with Crippen LogP contribution < -0.4 is 10.7 Å². The highest BCUT2D eigenvalue weighted by molar-refractivity contribution is 6.03. The second-order valence-electron chi connectivity index (χ2n) is 4.41. The van der Waals surface area contributed by atoms with Gasteiger partial charge in [0, 0.05) is 5.56 Å². The van der Waals surface area contributed by atoms with Gasteiger partial charge >= 0.3 is 6.03 Å². The molecule has 21 heavy (non-hydrogen) atoms. The molecule has 3 N–H and O–H groups in total. The first-order chi connectivity index (χ1) is 10.1. The van der Waals surface area contributed by atoms with Crippen LogP contribution in [0.25, 0.3) is 11.3 Å². The molecule has 1 aliphatic rings. The molecule has 0 saturated carbocycles. The predicted octanol–water partition coefficient (Wildman–Crippen LogP) is 0.273. The Morgan fingerprint density at radius 2 is 2.00 bits per heavy atom. The molecule has 8 heteroatoms. The Morgan fingerprint density at radius 3 is 2.67 bits per heavy atom. The fourth-order valence-corrected chi connectivity index (χ4v) is 1.91. The highest BCUT2D eigenvalue weighted by Crippen LogP contribution is 2.16. The molecule has 1 fully saturated rings. The van der Waals surface area contributed by atoms with Crippen molar-refractivity contribution in [3.8, 4) is 11.3 Å². The second-order valence-corrected chi connectivity index (χ2v) is 4.41. The summed E-state index contributed by atoms with van der Waals surface area (Å²) in [5.41, 5.74) is 4.00. The van der Waals surface area contributed by atoms with E-state index in [9.17, 15) is 14.4 Å². The van der Waals surface area contributed by atoms with Crippen LogP contribution in [0.5, 0.6) is 0 Å². The maximum absolute atomic E-state index is 12.0. The zero-order valence-corrected chi connectivity index (χ0v) is 10.8. The Kier molecular flexibility index (Phi) is 3.11. The summed E-state index contributed by atoms with van der Waals surface area (Å²) in [6.45, 7) is -0.204. The third-order valence-corrected chi connectivity index (χ3v) is 2.92. The van der Waals surface area contributed by atoms with Crippen molar-refractivity contribution in [1.82, 2.24) is 25.9 Å². The number of aromatic amines is 1. The summed E-state index contributed by atoms with van der Waals surface area (Å²) < 4.78 is 0. The number of nitrogens with one attached hydrogen (secondary N) is 3. The molecule has 1 aliphatic heterocycles. The van der Waals surface area contributed by atoms with Gasteiger partial charge < -0.3 is 0 Å². The topological polar surface area (TPSA) is 107 Å². The second kappa shape index (κ2) is 5.08. The highest BCUT2D eigenvalue weighted by atomic mass is 16.2. The van der Waals surface area contributed by atoms with Crippen LogP contribution in [0, 0.1) is 0 Å². The Bertz CT molecular complexity index is 710. The number of aromatic nitrogens is 2. The van der Waals surface area contributed by atoms with Gasteiger partial charge in [-0.2, -0.15) is 5.10 Å². The molecule has 0 bridgehead atoms. The Balaban J connectivity index is 1.73. The maximum Gasteiger partial charge on any atom is 0.343 e. The molecule has 1 aromatic heterocycles. The fourth-order valence-electron chi connectivity index (χ4n) is 1.91. The standard InChI is InChI=1S/C13H11N5O3/c19-11-7-18(13(21)14-11)17-12(20)10-6-9(15-16-10)8-4-2-1-3-5-8/h1-6H,7H2,(H,15,16)(H,17,20)(H,14,19,21). The van der Waals surface area contributed by atoms with Crippen LogP contribution in [0.1, 0.15) is 10.5 Å². The lowest BCUT2D eigenvalue weighted by molar-refractivity contribution is -0.118. The van der Waals surface area contributed by atoms with Crippen molar-refractivity contribution in [2.24, 2.45) is 0 Å². The van der Waals surface area contributed by atoms with Crippen molar-refractivity contribution in [3.63, 3.8) is 0 Å². The molecule has 0 aliphatic carbocycles. The van der Waals surface area contributed by atoms with E-state index in [0.717, 1.165) is 10.6 Å². The van der Waals surface area contributed by atoms with E-state index < -0.39 is 17.8 Å². The third-order valence-electron chi connectivity index (χ3n) is 2.92. The van der Waals surface area contributed by atoms with E-state index in [2.05, 4.69) is 20.9 Å². The number of carbonyl (C=O) groups excluding carboxylic acids is 3. The number of carbonyl (C=O) groups is 3. The Hall–Kier alpha value is -3.16. The lowest BCUT2D eigenvalue weighted by Gasteiger charge is -2.13. The Morgan fingerprint density at radius 1 is 1.24 bits per heavy atom. The Labute approximate surface area is 119 Å². The predicted molar refractivity (Wildman–Crippen MR) is 71.7 cm³/mol. The number of rotatable bonds is 3. The molecular formula is C13H11N5O3. The summed E-state index contributed by atoms with van der Waals surface area (Å²) in [6.07, 6.45) is 0. The van der Waals surface area contributed by atoms with Gasteiger partial charge in [-0.25, -0.2) is 9.80 Å². The summed E-state index contributed by atoms with van der Waals surface area (Å²) in [7, 11) is 0. The van der Waals surface area contributed by atoms with Gasteiger partial charge in [0.1, 0.15) is 12.2 Å². The zero-order valence-electron chi connectivity index (χ0n) is 10.8. The van der Waals surface area contributed by atoms with Gasteiger partial charge in [0.15, 0.2) is 0 Å². The minimum Gasteiger partial charge on any atom is -0.275 e. The minimum atomic E-state index is -0.656. The van der Waals surface area contributed by atoms with Crippen LogP contribution in [0.2, 0.25) is 0 Å². The molecule has 106 valence electrons. The quantitative estimate of drug-likeness (QED) is 0.704. The largest absolute Gasteiger partial charge is 0.343 e. The van der Waals surface area contributed by atoms with Crippen molar-refractivity contribution >= 4 is 17.8 Å². The van der Waals surface area contributed by atoms with Crippen molar-refractivity contribution in [2.45, 2.75) is 0 Å². The van der Waals surface area contributed by atoms with E-state index in [1.165, 1.54) is 0 Å². The molecular weight excluding hydrogens is 274 g/mol. The molecule has 8 nitrogen and oxygen atoms in total. The number of hydrogen-bond donors (Lipinski definition) is 3. The molecule has 4 amide bonds. The summed E-state index contributed by atoms with van der Waals surface area (Å²) in [5, 5.41) is 9.62. The molecule has 0 spiro atoms. The number of benzene rings is 1. The number of nitrogens with zero attached hydrogens (tertiary/aromatic N) is 2. The third kappa shape index (κ3) is 2.59. The van der Waals surface area contributed by atoms with Crippen LogP contribution >= 0.6 is 0 Å². The van der Waals surface area contributed by atoms with E-state index in [1.807, 2.05) is 30.3 Å². The van der Waals surface area contributed by atoms with Crippen LogP contribution in [-0.4, -0.2) is 39.6 Å². The van der Waals surface area contributed by atoms with Gasteiger partial charge in [0.2, 0.25) is 5.91 Å². The van der Waals surface area contributed by atoms with Crippen molar-refractivity contribution < 1.29 is 14.4 Å². The van der Waals surface area contributed by atoms with Crippen LogP contribution in [0.15, 0.2) is 36.4 Å². The van der Waals surface area contributed by atoms with E-state index in [1.54, 1.807) is 6.07 Å². The van der Waals surface area contributed by atoms with Gasteiger partial charge in [0.25, 0.3) is 5.91 Å². The summed E-state index contributed by atoms with van der Waals surface area (Å²) in [5.74, 6) is -1.01. The molecule has 1 saturated heterocycles. The zero-order chi connectivity index (χ0) is 14.8. The van der Waals surface area contributed by atoms with Crippen molar-refractivity contribution in [2.75, 3.05) is 6.54 Å². The number of hydrogen-bond acceptors (Lipinski definition) is 4. The summed E-state index contributed by atoms with van der Waals surface area (Å²) in [4.78, 5) is 34.3. The number of urea groups is 1. The smallest absolute Gasteiger partial charge is 0.275 e. The lowest BCUT2D eigenvalue weighted by atomic mass is 10.1. The molecule has 3 rings (SSSR count). The van der Waals surface area contributed by atoms with Gasteiger partial charge in [-0.15, -0.1) is 0 Å². The monoisotopic (exact) mass is 285 g/mol. The number of H-pyrrole nitrogens is 1. The summed E-state index contributed by atoms with van der Waals surface area (Å²) in [6, 6.07) is 10.3. The first-order valence-corrected chi connectivity index (χ1v) is 6.16. The number of hydrazine groups is 1. The van der Waals surface area contributed by atoms with Gasteiger partial charge in [-0.3, -0.25) is 25.4 Å². The fraction of sp³-hybridized carbons (Fsp3) is 0.0769. The molecule has 1 aromatic carbocycles. The maximum atomic E-state index is 12.0. The minimum absolute atomic E-state index is 0.195. The van der Waals surface area contributed by atoms with Crippen molar-refractivity contribution in [3.05, 3.63) is 42.1 Å². The van der Waals surface area contributed by atoms with Gasteiger partial charge in [-0.05, 0) is 6.07 Å². The molecule has 2 heterocycles. The first kappa shape index (κ1) is 12.9. The lowest BCUT2D eigenvalue weighted by Crippen LogP contribution is -2.44. The molecule has 0 atom stereocenters. The van der Waals surface area contributed by atoms with Crippen LogP contribution in [-0.2, 0) is 4.79 Å². The average molecular weight is 285 g/mol. The molecule has 2 aromatic rings. The number of imide groups is 1. The highest BCUT2D eigenvalue weighted by Gasteiger charge is 2.28. The van der Waals surface area contributed by atoms with Crippen LogP contribution in [0.4, 0.5) is 4.79 Å². The van der Waals surface area contributed by atoms with E-state index in [0.29, 0.717) is 5.69 Å². The molecule has 0 radical (unpaired) electrons. The normalized spacial score (nSPS) is 14.2. The SMILES string of the molecule is O=C1CN(NC(=O)c2cc(-c3ccccc3)n[nH]2)C(=O)N1. The average Bonchev–Trinajstić information content (AvgIpc) is 3.07. The summed E-state index contributed by atoms with van der Waals surface area (Å²) >= 11 is 0.